The molecule has 2 amide bonds. The van der Waals surface area contributed by atoms with E-state index in [-0.39, 0.29) is 26.1 Å². The average molecular weight is 320 g/mol. The molecule has 0 rings (SSSR count). The summed E-state index contributed by atoms with van der Waals surface area (Å²) in [5.41, 5.74) is 3.63. The van der Waals surface area contributed by atoms with Crippen LogP contribution in [0, 0.1) is 0 Å². The second-order valence-electron chi connectivity index (χ2n) is 3.80. The molecule has 0 aromatic rings. The highest BCUT2D eigenvalue weighted by atomic mass is 16.7. The van der Waals surface area contributed by atoms with E-state index >= 15 is 0 Å². The van der Waals surface area contributed by atoms with Crippen molar-refractivity contribution >= 4 is 24.1 Å². The van der Waals surface area contributed by atoms with Gasteiger partial charge in [-0.2, -0.15) is 0 Å². The molecule has 10 nitrogen and oxygen atoms in total. The standard InChI is InChI=1S/C12H20N2O8/c1-3-19-11(17)13-21-9(15)7-5-6-8-10(16)22-14-12(18)20-4-2/h3-8H2,1-2H3,(H,13,17)(H,14,18). The summed E-state index contributed by atoms with van der Waals surface area (Å²) < 4.78 is 8.96. The molecule has 0 atom stereocenters. The molecule has 0 aliphatic carbocycles. The van der Waals surface area contributed by atoms with Crippen molar-refractivity contribution < 1.29 is 38.3 Å². The Morgan fingerprint density at radius 2 is 1.09 bits per heavy atom. The fourth-order valence-electron chi connectivity index (χ4n) is 1.16. The van der Waals surface area contributed by atoms with E-state index in [0.29, 0.717) is 12.8 Å². The maximum absolute atomic E-state index is 11.2. The first-order chi connectivity index (χ1) is 10.5. The third-order valence-electron chi connectivity index (χ3n) is 2.06. The minimum absolute atomic E-state index is 0.00495. The van der Waals surface area contributed by atoms with Gasteiger partial charge in [0.05, 0.1) is 13.2 Å². The van der Waals surface area contributed by atoms with Crippen LogP contribution < -0.4 is 11.0 Å². The molecule has 0 saturated carbocycles. The van der Waals surface area contributed by atoms with E-state index < -0.39 is 24.1 Å². The van der Waals surface area contributed by atoms with Gasteiger partial charge in [0, 0.05) is 12.8 Å². The van der Waals surface area contributed by atoms with Crippen molar-refractivity contribution in [2.45, 2.75) is 39.5 Å². The quantitative estimate of drug-likeness (QED) is 0.403. The van der Waals surface area contributed by atoms with E-state index in [0.717, 1.165) is 0 Å². The summed E-state index contributed by atoms with van der Waals surface area (Å²) in [5, 5.41) is 0. The number of unbranched alkanes of at least 4 members (excludes halogenated alkanes) is 1. The van der Waals surface area contributed by atoms with E-state index in [2.05, 4.69) is 19.1 Å². The largest absolute Gasteiger partial charge is 0.448 e. The highest BCUT2D eigenvalue weighted by Crippen LogP contribution is 2.02. The van der Waals surface area contributed by atoms with Crippen LogP contribution in [0.15, 0.2) is 0 Å². The number of amides is 2. The molecule has 0 bridgehead atoms. The van der Waals surface area contributed by atoms with Crippen molar-refractivity contribution in [1.29, 1.82) is 0 Å². The van der Waals surface area contributed by atoms with Gasteiger partial charge in [-0.25, -0.2) is 19.2 Å². The fourth-order valence-corrected chi connectivity index (χ4v) is 1.16. The van der Waals surface area contributed by atoms with Gasteiger partial charge >= 0.3 is 24.1 Å². The Morgan fingerprint density at radius 3 is 1.41 bits per heavy atom. The normalized spacial score (nSPS) is 9.36. The predicted molar refractivity (Wildman–Crippen MR) is 71.0 cm³/mol. The Hall–Kier alpha value is -2.52. The van der Waals surface area contributed by atoms with Crippen molar-refractivity contribution in [3.05, 3.63) is 0 Å². The van der Waals surface area contributed by atoms with Crippen LogP contribution in [0.25, 0.3) is 0 Å². The van der Waals surface area contributed by atoms with Crippen molar-refractivity contribution in [2.75, 3.05) is 13.2 Å². The number of rotatable bonds is 7. The first-order valence-corrected chi connectivity index (χ1v) is 6.74. The number of hydrogen-bond acceptors (Lipinski definition) is 8. The summed E-state index contributed by atoms with van der Waals surface area (Å²) in [4.78, 5) is 52.9. The number of carbonyl (C=O) groups is 4. The van der Waals surface area contributed by atoms with Crippen LogP contribution in [0.1, 0.15) is 39.5 Å². The second kappa shape index (κ2) is 12.2. The Morgan fingerprint density at radius 1 is 0.727 bits per heavy atom. The Bertz CT molecular complexity index is 349. The van der Waals surface area contributed by atoms with Gasteiger partial charge in [0.15, 0.2) is 0 Å². The van der Waals surface area contributed by atoms with Gasteiger partial charge in [0.1, 0.15) is 0 Å². The van der Waals surface area contributed by atoms with E-state index in [9.17, 15) is 19.2 Å². The minimum Gasteiger partial charge on any atom is -0.448 e. The number of hydrogen-bond donors (Lipinski definition) is 2. The molecule has 0 aromatic carbocycles. The van der Waals surface area contributed by atoms with E-state index in [1.807, 2.05) is 11.0 Å². The van der Waals surface area contributed by atoms with Crippen molar-refractivity contribution in [3.8, 4) is 0 Å². The summed E-state index contributed by atoms with van der Waals surface area (Å²) in [6.07, 6.45) is -1.01. The van der Waals surface area contributed by atoms with Crippen LogP contribution in [0.3, 0.4) is 0 Å². The number of nitrogens with one attached hydrogen (secondary N) is 2. The van der Waals surface area contributed by atoms with Crippen LogP contribution in [-0.2, 0) is 28.7 Å². The Kier molecular flexibility index (Phi) is 10.8. The molecular weight excluding hydrogens is 300 g/mol. The molecule has 0 saturated heterocycles. The fraction of sp³-hybridized carbons (Fsp3) is 0.667. The van der Waals surface area contributed by atoms with Gasteiger partial charge in [-0.05, 0) is 26.7 Å². The summed E-state index contributed by atoms with van der Waals surface area (Å²) in [6, 6.07) is 0. The summed E-state index contributed by atoms with van der Waals surface area (Å²) >= 11 is 0. The third kappa shape index (κ3) is 11.3. The molecule has 126 valence electrons. The molecule has 0 fully saturated rings. The molecule has 0 aromatic heterocycles. The predicted octanol–water partition coefficient (Wildman–Crippen LogP) is 0.955. The van der Waals surface area contributed by atoms with Gasteiger partial charge in [-0.1, -0.05) is 0 Å². The average Bonchev–Trinajstić information content (AvgIpc) is 2.48. The second-order valence-corrected chi connectivity index (χ2v) is 3.80. The number of carbonyl (C=O) groups excluding carboxylic acids is 4. The number of ether oxygens (including phenoxy) is 2. The monoisotopic (exact) mass is 320 g/mol. The SMILES string of the molecule is CCOC(=O)NOC(=O)CCCCC(=O)ONC(=O)OCC. The van der Waals surface area contributed by atoms with Crippen LogP contribution in [-0.4, -0.2) is 37.3 Å². The van der Waals surface area contributed by atoms with Gasteiger partial charge in [-0.15, -0.1) is 11.0 Å². The zero-order chi connectivity index (χ0) is 16.8. The third-order valence-corrected chi connectivity index (χ3v) is 2.06. The smallest absolute Gasteiger partial charge is 0.440 e. The molecule has 10 heteroatoms. The molecular formula is C12H20N2O8. The lowest BCUT2D eigenvalue weighted by Gasteiger charge is -2.06. The summed E-state index contributed by atoms with van der Waals surface area (Å²) in [6.45, 7) is 3.53. The van der Waals surface area contributed by atoms with E-state index in [1.165, 1.54) is 0 Å². The van der Waals surface area contributed by atoms with Crippen molar-refractivity contribution in [1.82, 2.24) is 11.0 Å². The topological polar surface area (TPSA) is 129 Å². The van der Waals surface area contributed by atoms with E-state index in [4.69, 9.17) is 0 Å². The molecule has 0 spiro atoms. The molecule has 0 aliphatic rings. The first kappa shape index (κ1) is 19.5. The van der Waals surface area contributed by atoms with Crippen LogP contribution in [0.4, 0.5) is 9.59 Å². The molecule has 2 N–H and O–H groups in total. The highest BCUT2D eigenvalue weighted by molar-refractivity contribution is 5.74. The maximum Gasteiger partial charge on any atom is 0.440 e. The highest BCUT2D eigenvalue weighted by Gasteiger charge is 2.10. The lowest BCUT2D eigenvalue weighted by Crippen LogP contribution is -2.28. The first-order valence-electron chi connectivity index (χ1n) is 6.74. The zero-order valence-corrected chi connectivity index (χ0v) is 12.5. The lowest BCUT2D eigenvalue weighted by molar-refractivity contribution is -0.151. The molecule has 0 radical (unpaired) electrons. The minimum atomic E-state index is -0.857. The molecule has 22 heavy (non-hydrogen) atoms. The molecule has 0 heterocycles. The summed E-state index contributed by atoms with van der Waals surface area (Å²) in [5.74, 6) is -1.32. The van der Waals surface area contributed by atoms with Crippen molar-refractivity contribution in [3.63, 3.8) is 0 Å². The van der Waals surface area contributed by atoms with Gasteiger partial charge in [-0.3, -0.25) is 0 Å². The summed E-state index contributed by atoms with van der Waals surface area (Å²) in [7, 11) is 0. The maximum atomic E-state index is 11.2. The Balaban J connectivity index is 3.58. The molecule has 0 unspecified atom stereocenters. The van der Waals surface area contributed by atoms with Gasteiger partial charge in [0.2, 0.25) is 0 Å². The van der Waals surface area contributed by atoms with Gasteiger partial charge in [0.25, 0.3) is 0 Å². The van der Waals surface area contributed by atoms with Crippen LogP contribution >= 0.6 is 0 Å². The Labute approximate surface area is 127 Å². The molecule has 0 aliphatic heterocycles. The lowest BCUT2D eigenvalue weighted by atomic mass is 10.2. The van der Waals surface area contributed by atoms with E-state index in [1.54, 1.807) is 13.8 Å². The van der Waals surface area contributed by atoms with Crippen LogP contribution in [0.5, 0.6) is 0 Å². The zero-order valence-electron chi connectivity index (χ0n) is 12.5. The van der Waals surface area contributed by atoms with Crippen LogP contribution in [0.2, 0.25) is 0 Å². The van der Waals surface area contributed by atoms with Gasteiger partial charge < -0.3 is 19.1 Å². The number of hydroxylamine groups is 2. The van der Waals surface area contributed by atoms with Crippen molar-refractivity contribution in [2.24, 2.45) is 0 Å².